The largest absolute Gasteiger partial charge is 0.394 e. The Morgan fingerprint density at radius 2 is 1.24 bits per heavy atom. The molecule has 0 saturated carbocycles. The summed E-state index contributed by atoms with van der Waals surface area (Å²) in [4.78, 5) is 0. The van der Waals surface area contributed by atoms with E-state index in [-0.39, 0.29) is 13.2 Å². The molecular formula is C21H18O4. The van der Waals surface area contributed by atoms with Crippen LogP contribution in [-0.4, -0.2) is 35.6 Å². The molecule has 0 radical (unpaired) electrons. The van der Waals surface area contributed by atoms with E-state index in [0.29, 0.717) is 0 Å². The van der Waals surface area contributed by atoms with Gasteiger partial charge in [-0.15, -0.1) is 0 Å². The van der Waals surface area contributed by atoms with Crippen molar-refractivity contribution in [2.75, 3.05) is 13.2 Å². The van der Waals surface area contributed by atoms with Gasteiger partial charge in [0.15, 0.2) is 6.29 Å². The number of benzene rings is 4. The summed E-state index contributed by atoms with van der Waals surface area (Å²) in [5.74, 6) is 0. The molecule has 0 spiro atoms. The molecule has 2 atom stereocenters. The average molecular weight is 334 g/mol. The van der Waals surface area contributed by atoms with Crippen LogP contribution < -0.4 is 0 Å². The molecule has 5 rings (SSSR count). The van der Waals surface area contributed by atoms with E-state index in [4.69, 9.17) is 9.47 Å². The zero-order valence-electron chi connectivity index (χ0n) is 13.6. The van der Waals surface area contributed by atoms with Crippen LogP contribution >= 0.6 is 0 Å². The molecule has 4 aromatic rings. The fourth-order valence-electron chi connectivity index (χ4n) is 3.96. The third-order valence-corrected chi connectivity index (χ3v) is 5.19. The minimum absolute atomic E-state index is 0.173. The first-order valence-corrected chi connectivity index (χ1v) is 8.49. The number of aliphatic hydroxyl groups is 2. The highest BCUT2D eigenvalue weighted by atomic mass is 16.7. The van der Waals surface area contributed by atoms with E-state index in [1.165, 1.54) is 26.9 Å². The van der Waals surface area contributed by atoms with Crippen LogP contribution in [0.15, 0.2) is 54.6 Å². The Bertz CT molecular complexity index is 1030. The summed E-state index contributed by atoms with van der Waals surface area (Å²) in [6.07, 6.45) is -1.60. The molecule has 4 heteroatoms. The first-order chi connectivity index (χ1) is 12.3. The van der Waals surface area contributed by atoms with Gasteiger partial charge in [0.25, 0.3) is 0 Å². The second kappa shape index (κ2) is 5.64. The van der Waals surface area contributed by atoms with E-state index < -0.39 is 18.5 Å². The molecular weight excluding hydrogens is 316 g/mol. The standard InChI is InChI=1S/C21H18O4/c22-10-17-18(11-23)25-21(24-17)16-9-7-14-5-4-12-2-1-3-13-6-8-15(16)20(14)19(12)13/h1-9,17-18,21-23H,10-11H2. The number of hydrogen-bond acceptors (Lipinski definition) is 4. The van der Waals surface area contributed by atoms with Gasteiger partial charge in [-0.2, -0.15) is 0 Å². The summed E-state index contributed by atoms with van der Waals surface area (Å²) in [5, 5.41) is 26.0. The van der Waals surface area contributed by atoms with Crippen molar-refractivity contribution in [1.29, 1.82) is 0 Å². The lowest BCUT2D eigenvalue weighted by atomic mass is 9.92. The molecule has 2 unspecified atom stereocenters. The molecule has 1 fully saturated rings. The van der Waals surface area contributed by atoms with Gasteiger partial charge in [0, 0.05) is 5.56 Å². The highest BCUT2D eigenvalue weighted by Gasteiger charge is 2.36. The quantitative estimate of drug-likeness (QED) is 0.564. The van der Waals surface area contributed by atoms with Crippen molar-refractivity contribution in [2.24, 2.45) is 0 Å². The smallest absolute Gasteiger partial charge is 0.185 e. The Morgan fingerprint density at radius 3 is 1.88 bits per heavy atom. The zero-order chi connectivity index (χ0) is 17.0. The van der Waals surface area contributed by atoms with Crippen molar-refractivity contribution in [2.45, 2.75) is 18.5 Å². The van der Waals surface area contributed by atoms with E-state index in [0.717, 1.165) is 10.9 Å². The van der Waals surface area contributed by atoms with Crippen molar-refractivity contribution in [3.05, 3.63) is 60.2 Å². The molecule has 0 bridgehead atoms. The third kappa shape index (κ3) is 2.16. The predicted molar refractivity (Wildman–Crippen MR) is 96.8 cm³/mol. The lowest BCUT2D eigenvalue weighted by Gasteiger charge is -2.17. The SMILES string of the molecule is OCC1OC(c2ccc3ccc4cccc5ccc2c3c45)OC1CO. The summed E-state index contributed by atoms with van der Waals surface area (Å²) in [7, 11) is 0. The average Bonchev–Trinajstić information content (AvgIpc) is 3.09. The van der Waals surface area contributed by atoms with Crippen LogP contribution in [0.25, 0.3) is 32.3 Å². The van der Waals surface area contributed by atoms with Crippen molar-refractivity contribution >= 4 is 32.3 Å². The Hall–Kier alpha value is -2.24. The van der Waals surface area contributed by atoms with Crippen molar-refractivity contribution < 1.29 is 19.7 Å². The Morgan fingerprint density at radius 1 is 0.680 bits per heavy atom. The van der Waals surface area contributed by atoms with Gasteiger partial charge in [-0.3, -0.25) is 0 Å². The van der Waals surface area contributed by atoms with Crippen LogP contribution in [0.5, 0.6) is 0 Å². The molecule has 0 aliphatic carbocycles. The summed E-state index contributed by atoms with van der Waals surface area (Å²) in [6, 6.07) is 18.9. The van der Waals surface area contributed by atoms with E-state index in [2.05, 4.69) is 48.5 Å². The maximum Gasteiger partial charge on any atom is 0.185 e. The Balaban J connectivity index is 1.74. The van der Waals surface area contributed by atoms with E-state index in [1.807, 2.05) is 6.07 Å². The summed E-state index contributed by atoms with van der Waals surface area (Å²) in [6.45, 7) is -0.346. The van der Waals surface area contributed by atoms with Gasteiger partial charge in [-0.05, 0) is 32.3 Å². The normalized spacial score (nSPS) is 24.0. The Kier molecular flexibility index (Phi) is 3.40. The minimum atomic E-state index is -0.584. The first-order valence-electron chi connectivity index (χ1n) is 8.49. The van der Waals surface area contributed by atoms with Crippen LogP contribution in [0.3, 0.4) is 0 Å². The van der Waals surface area contributed by atoms with Crippen LogP contribution in [0.2, 0.25) is 0 Å². The van der Waals surface area contributed by atoms with Gasteiger partial charge in [0.2, 0.25) is 0 Å². The second-order valence-electron chi connectivity index (χ2n) is 6.56. The van der Waals surface area contributed by atoms with E-state index in [1.54, 1.807) is 0 Å². The molecule has 1 aliphatic rings. The highest BCUT2D eigenvalue weighted by molar-refractivity contribution is 6.23. The number of rotatable bonds is 3. The molecule has 2 N–H and O–H groups in total. The van der Waals surface area contributed by atoms with Crippen LogP contribution in [0.4, 0.5) is 0 Å². The molecule has 4 nitrogen and oxygen atoms in total. The molecule has 1 saturated heterocycles. The maximum absolute atomic E-state index is 9.45. The van der Waals surface area contributed by atoms with Gasteiger partial charge in [0.05, 0.1) is 13.2 Å². The minimum Gasteiger partial charge on any atom is -0.394 e. The van der Waals surface area contributed by atoms with Gasteiger partial charge in [0.1, 0.15) is 12.2 Å². The molecule has 126 valence electrons. The number of hydrogen-bond donors (Lipinski definition) is 2. The molecule has 0 amide bonds. The fourth-order valence-corrected chi connectivity index (χ4v) is 3.96. The van der Waals surface area contributed by atoms with Crippen LogP contribution in [0.1, 0.15) is 11.9 Å². The van der Waals surface area contributed by atoms with Gasteiger partial charge in [-0.1, -0.05) is 54.6 Å². The van der Waals surface area contributed by atoms with Crippen LogP contribution in [-0.2, 0) is 9.47 Å². The van der Waals surface area contributed by atoms with Gasteiger partial charge < -0.3 is 19.7 Å². The monoisotopic (exact) mass is 334 g/mol. The van der Waals surface area contributed by atoms with E-state index >= 15 is 0 Å². The molecule has 4 aromatic carbocycles. The highest BCUT2D eigenvalue weighted by Crippen LogP contribution is 2.40. The summed E-state index contributed by atoms with van der Waals surface area (Å²) >= 11 is 0. The molecule has 0 aromatic heterocycles. The third-order valence-electron chi connectivity index (χ3n) is 5.19. The number of ether oxygens (including phenoxy) is 2. The molecule has 25 heavy (non-hydrogen) atoms. The van der Waals surface area contributed by atoms with Crippen molar-refractivity contribution in [3.63, 3.8) is 0 Å². The summed E-state index contributed by atoms with van der Waals surface area (Å²) < 4.78 is 11.7. The molecule has 1 heterocycles. The second-order valence-corrected chi connectivity index (χ2v) is 6.56. The van der Waals surface area contributed by atoms with E-state index in [9.17, 15) is 10.2 Å². The predicted octanol–water partition coefficient (Wildman–Crippen LogP) is 3.35. The Labute approximate surface area is 144 Å². The fraction of sp³-hybridized carbons (Fsp3) is 0.238. The van der Waals surface area contributed by atoms with Crippen LogP contribution in [0, 0.1) is 0 Å². The maximum atomic E-state index is 9.45. The first kappa shape index (κ1) is 15.0. The van der Waals surface area contributed by atoms with Gasteiger partial charge in [-0.25, -0.2) is 0 Å². The lowest BCUT2D eigenvalue weighted by Crippen LogP contribution is -2.29. The number of aliphatic hydroxyl groups excluding tert-OH is 2. The van der Waals surface area contributed by atoms with Gasteiger partial charge >= 0.3 is 0 Å². The zero-order valence-corrected chi connectivity index (χ0v) is 13.6. The van der Waals surface area contributed by atoms with Crippen molar-refractivity contribution in [1.82, 2.24) is 0 Å². The lowest BCUT2D eigenvalue weighted by molar-refractivity contribution is -0.0760. The summed E-state index contributed by atoms with van der Waals surface area (Å²) in [5.41, 5.74) is 0.931. The molecule has 1 aliphatic heterocycles. The topological polar surface area (TPSA) is 58.9 Å². The van der Waals surface area contributed by atoms with Crippen molar-refractivity contribution in [3.8, 4) is 0 Å².